The summed E-state index contributed by atoms with van der Waals surface area (Å²) in [4.78, 5) is 39.3. The molecule has 3 amide bonds. The molecule has 2 aliphatic rings. The van der Waals surface area contributed by atoms with Crippen LogP contribution >= 0.6 is 15.9 Å². The summed E-state index contributed by atoms with van der Waals surface area (Å²) < 4.78 is 0.915. The van der Waals surface area contributed by atoms with Crippen molar-refractivity contribution < 1.29 is 14.4 Å². The molecule has 0 saturated heterocycles. The first-order valence-corrected chi connectivity index (χ1v) is 9.58. The van der Waals surface area contributed by atoms with E-state index in [4.69, 9.17) is 0 Å². The van der Waals surface area contributed by atoms with Crippen LogP contribution in [0, 0.1) is 0 Å². The number of carbonyl (C=O) groups is 3. The molecule has 138 valence electrons. The summed E-state index contributed by atoms with van der Waals surface area (Å²) in [6.45, 7) is -0.153. The number of anilines is 1. The largest absolute Gasteiger partial charge is 0.345 e. The lowest BCUT2D eigenvalue weighted by atomic mass is 10.0. The summed E-state index contributed by atoms with van der Waals surface area (Å²) in [6, 6.07) is 13.8. The van der Waals surface area contributed by atoms with E-state index in [2.05, 4.69) is 26.6 Å². The zero-order chi connectivity index (χ0) is 19.0. The Hall–Kier alpha value is -2.67. The second kappa shape index (κ2) is 7.15. The number of benzene rings is 2. The molecule has 1 aliphatic heterocycles. The molecule has 0 bridgehead atoms. The second-order valence-electron chi connectivity index (χ2n) is 6.71. The van der Waals surface area contributed by atoms with Crippen molar-refractivity contribution in [3.63, 3.8) is 0 Å². The Bertz CT molecular complexity index is 909. The van der Waals surface area contributed by atoms with Gasteiger partial charge in [0.05, 0.1) is 6.54 Å². The summed E-state index contributed by atoms with van der Waals surface area (Å²) in [5.41, 5.74) is 1.93. The van der Waals surface area contributed by atoms with Crippen LogP contribution in [-0.4, -0.2) is 35.2 Å². The molecular weight excluding hydrogens is 410 g/mol. The highest BCUT2D eigenvalue weighted by Gasteiger charge is 2.47. The molecule has 0 unspecified atom stereocenters. The summed E-state index contributed by atoms with van der Waals surface area (Å²) in [5, 5.41) is 5.41. The molecule has 1 saturated carbocycles. The van der Waals surface area contributed by atoms with Gasteiger partial charge in [-0.15, -0.1) is 0 Å². The zero-order valence-corrected chi connectivity index (χ0v) is 16.0. The smallest absolute Gasteiger partial charge is 0.255 e. The van der Waals surface area contributed by atoms with Gasteiger partial charge in [-0.1, -0.05) is 34.1 Å². The molecule has 1 fully saturated rings. The molecule has 27 heavy (non-hydrogen) atoms. The number of hydrogen-bond acceptors (Lipinski definition) is 3. The van der Waals surface area contributed by atoms with Crippen molar-refractivity contribution in [3.05, 3.63) is 64.1 Å². The first-order valence-electron chi connectivity index (χ1n) is 8.79. The minimum Gasteiger partial charge on any atom is -0.345 e. The fourth-order valence-corrected chi connectivity index (χ4v) is 3.60. The van der Waals surface area contributed by atoms with Gasteiger partial charge in [0.1, 0.15) is 6.04 Å². The number of nitrogens with one attached hydrogen (secondary N) is 2. The predicted octanol–water partition coefficient (Wildman–Crippen LogP) is 2.86. The normalized spacial score (nSPS) is 18.2. The molecular formula is C20H18BrN3O3. The van der Waals surface area contributed by atoms with E-state index in [1.807, 2.05) is 24.3 Å². The van der Waals surface area contributed by atoms with Gasteiger partial charge in [-0.25, -0.2) is 0 Å². The number of amides is 3. The lowest BCUT2D eigenvalue weighted by molar-refractivity contribution is -0.127. The molecule has 1 atom stereocenters. The lowest BCUT2D eigenvalue weighted by Crippen LogP contribution is -2.42. The van der Waals surface area contributed by atoms with Crippen molar-refractivity contribution in [1.29, 1.82) is 0 Å². The highest BCUT2D eigenvalue weighted by atomic mass is 79.9. The van der Waals surface area contributed by atoms with E-state index in [1.165, 1.54) is 0 Å². The molecule has 0 spiro atoms. The zero-order valence-electron chi connectivity index (χ0n) is 14.4. The molecule has 7 heteroatoms. The van der Waals surface area contributed by atoms with Crippen LogP contribution in [0.15, 0.2) is 53.0 Å². The third-order valence-electron chi connectivity index (χ3n) is 4.74. The SMILES string of the molecule is O=C(CNC(=O)[C@@H]1c2ccccc2C(=O)N1C1CC1)Nc1ccc(Br)cc1. The van der Waals surface area contributed by atoms with Gasteiger partial charge in [0, 0.05) is 21.8 Å². The third-order valence-corrected chi connectivity index (χ3v) is 5.27. The molecule has 1 aliphatic carbocycles. The molecule has 2 N–H and O–H groups in total. The maximum absolute atomic E-state index is 12.8. The van der Waals surface area contributed by atoms with Gasteiger partial charge in [0.15, 0.2) is 0 Å². The van der Waals surface area contributed by atoms with Crippen molar-refractivity contribution in [1.82, 2.24) is 10.2 Å². The Morgan fingerprint density at radius 1 is 1.07 bits per heavy atom. The Morgan fingerprint density at radius 3 is 2.48 bits per heavy atom. The van der Waals surface area contributed by atoms with E-state index in [-0.39, 0.29) is 30.3 Å². The van der Waals surface area contributed by atoms with Gasteiger partial charge in [-0.2, -0.15) is 0 Å². The molecule has 2 aromatic rings. The Morgan fingerprint density at radius 2 is 1.78 bits per heavy atom. The average molecular weight is 428 g/mol. The first-order chi connectivity index (χ1) is 13.0. The summed E-state index contributed by atoms with van der Waals surface area (Å²) in [5.74, 6) is -0.750. The van der Waals surface area contributed by atoms with E-state index >= 15 is 0 Å². The topological polar surface area (TPSA) is 78.5 Å². The number of fused-ring (bicyclic) bond motifs is 1. The number of carbonyl (C=O) groups excluding carboxylic acids is 3. The highest BCUT2D eigenvalue weighted by molar-refractivity contribution is 9.10. The lowest BCUT2D eigenvalue weighted by Gasteiger charge is -2.24. The number of nitrogens with zero attached hydrogens (tertiary/aromatic N) is 1. The second-order valence-corrected chi connectivity index (χ2v) is 7.62. The molecule has 1 heterocycles. The van der Waals surface area contributed by atoms with E-state index in [1.54, 1.807) is 29.2 Å². The van der Waals surface area contributed by atoms with Gasteiger partial charge < -0.3 is 15.5 Å². The van der Waals surface area contributed by atoms with Crippen LogP contribution in [0.25, 0.3) is 0 Å². The first kappa shape index (κ1) is 17.7. The standard InChI is InChI=1S/C20H18BrN3O3/c21-12-5-7-13(8-6-12)23-17(25)11-22-19(26)18-15-3-1-2-4-16(15)20(27)24(18)14-9-10-14/h1-8,14,18H,9-11H2,(H,22,26)(H,23,25)/t18-/m0/s1. The van der Waals surface area contributed by atoms with Crippen LogP contribution in [0.4, 0.5) is 5.69 Å². The Kier molecular flexibility index (Phi) is 4.70. The van der Waals surface area contributed by atoms with Crippen LogP contribution < -0.4 is 10.6 Å². The third kappa shape index (κ3) is 3.60. The minimum absolute atomic E-state index is 0.104. The van der Waals surface area contributed by atoms with Gasteiger partial charge in [0.25, 0.3) is 5.91 Å². The maximum atomic E-state index is 12.8. The molecule has 4 rings (SSSR count). The number of rotatable bonds is 5. The number of hydrogen-bond donors (Lipinski definition) is 2. The Labute approximate surface area is 165 Å². The quantitative estimate of drug-likeness (QED) is 0.769. The molecule has 6 nitrogen and oxygen atoms in total. The van der Waals surface area contributed by atoms with Gasteiger partial charge >= 0.3 is 0 Å². The van der Waals surface area contributed by atoms with E-state index < -0.39 is 6.04 Å². The van der Waals surface area contributed by atoms with E-state index in [0.717, 1.165) is 17.3 Å². The van der Waals surface area contributed by atoms with Gasteiger partial charge in [-0.3, -0.25) is 14.4 Å². The van der Waals surface area contributed by atoms with Crippen LogP contribution in [0.1, 0.15) is 34.8 Å². The van der Waals surface area contributed by atoms with Gasteiger partial charge in [-0.05, 0) is 48.7 Å². The molecule has 0 radical (unpaired) electrons. The van der Waals surface area contributed by atoms with Crippen LogP contribution in [-0.2, 0) is 9.59 Å². The van der Waals surface area contributed by atoms with Crippen LogP contribution in [0.2, 0.25) is 0 Å². The van der Waals surface area contributed by atoms with Crippen LogP contribution in [0.3, 0.4) is 0 Å². The monoisotopic (exact) mass is 427 g/mol. The van der Waals surface area contributed by atoms with Crippen molar-refractivity contribution in [2.75, 3.05) is 11.9 Å². The summed E-state index contributed by atoms with van der Waals surface area (Å²) in [6.07, 6.45) is 1.82. The molecule has 2 aromatic carbocycles. The molecule has 0 aromatic heterocycles. The van der Waals surface area contributed by atoms with Crippen molar-refractivity contribution in [2.45, 2.75) is 24.9 Å². The summed E-state index contributed by atoms with van der Waals surface area (Å²) in [7, 11) is 0. The number of halogens is 1. The fourth-order valence-electron chi connectivity index (χ4n) is 3.34. The van der Waals surface area contributed by atoms with Crippen molar-refractivity contribution >= 4 is 39.3 Å². The highest BCUT2D eigenvalue weighted by Crippen LogP contribution is 2.41. The average Bonchev–Trinajstić information content (AvgIpc) is 3.46. The van der Waals surface area contributed by atoms with Crippen molar-refractivity contribution in [2.24, 2.45) is 0 Å². The predicted molar refractivity (Wildman–Crippen MR) is 104 cm³/mol. The maximum Gasteiger partial charge on any atom is 0.255 e. The van der Waals surface area contributed by atoms with Crippen LogP contribution in [0.5, 0.6) is 0 Å². The van der Waals surface area contributed by atoms with Gasteiger partial charge in [0.2, 0.25) is 11.8 Å². The fraction of sp³-hybridized carbons (Fsp3) is 0.250. The van der Waals surface area contributed by atoms with E-state index in [9.17, 15) is 14.4 Å². The minimum atomic E-state index is -0.665. The Balaban J connectivity index is 1.43. The van der Waals surface area contributed by atoms with Crippen molar-refractivity contribution in [3.8, 4) is 0 Å². The summed E-state index contributed by atoms with van der Waals surface area (Å²) >= 11 is 3.34. The van der Waals surface area contributed by atoms with E-state index in [0.29, 0.717) is 16.8 Å².